The van der Waals surface area contributed by atoms with E-state index in [0.717, 1.165) is 28.6 Å². The summed E-state index contributed by atoms with van der Waals surface area (Å²) in [5, 5.41) is 0. The Hall–Kier alpha value is -0.320. The number of halogens is 1. The van der Waals surface area contributed by atoms with Gasteiger partial charge in [-0.25, -0.2) is 4.79 Å². The van der Waals surface area contributed by atoms with Gasteiger partial charge in [-0.05, 0) is 41.5 Å². The van der Waals surface area contributed by atoms with E-state index in [4.69, 9.17) is 4.74 Å². The number of carbonyl (C=O) groups excluding carboxylic acids is 1. The van der Waals surface area contributed by atoms with Crippen molar-refractivity contribution in [2.45, 2.75) is 26.2 Å². The molecule has 0 unspecified atom stereocenters. The third-order valence-electron chi connectivity index (χ3n) is 1.60. The van der Waals surface area contributed by atoms with Crippen molar-refractivity contribution in [2.75, 3.05) is 0 Å². The Morgan fingerprint density at radius 1 is 1.58 bits per heavy atom. The van der Waals surface area contributed by atoms with Crippen molar-refractivity contribution in [1.29, 1.82) is 0 Å². The summed E-state index contributed by atoms with van der Waals surface area (Å²) in [6, 6.07) is 0. The van der Waals surface area contributed by atoms with E-state index in [2.05, 4.69) is 29.5 Å². The molecule has 0 aromatic carbocycles. The fraction of sp³-hybridized carbons (Fsp3) is 0.444. The van der Waals surface area contributed by atoms with Crippen LogP contribution in [0.2, 0.25) is 0 Å². The Bertz CT molecular complexity index is 241. The molecular formula is C9H11IO2. The van der Waals surface area contributed by atoms with Gasteiger partial charge in [0.25, 0.3) is 0 Å². The molecule has 0 radical (unpaired) electrons. The summed E-state index contributed by atoms with van der Waals surface area (Å²) in [7, 11) is 0. The lowest BCUT2D eigenvalue weighted by molar-refractivity contribution is -0.132. The van der Waals surface area contributed by atoms with Crippen LogP contribution in [-0.2, 0) is 9.53 Å². The molecule has 0 saturated heterocycles. The van der Waals surface area contributed by atoms with Gasteiger partial charge in [0.1, 0.15) is 5.76 Å². The first kappa shape index (κ1) is 9.77. The van der Waals surface area contributed by atoms with Gasteiger partial charge in [-0.1, -0.05) is 13.3 Å². The summed E-state index contributed by atoms with van der Waals surface area (Å²) in [6.07, 6.45) is 6.51. The average Bonchev–Trinajstić information content (AvgIpc) is 2.47. The summed E-state index contributed by atoms with van der Waals surface area (Å²) in [5.74, 6) is 0.477. The second-order valence-corrected chi connectivity index (χ2v) is 3.93. The predicted octanol–water partition coefficient (Wildman–Crippen LogP) is 2.94. The molecule has 0 aliphatic carbocycles. The lowest BCUT2D eigenvalue weighted by Gasteiger charge is -2.00. The minimum atomic E-state index is -0.254. The minimum Gasteiger partial charge on any atom is -0.423 e. The van der Waals surface area contributed by atoms with Crippen molar-refractivity contribution in [3.63, 3.8) is 0 Å². The Labute approximate surface area is 85.8 Å². The zero-order valence-electron chi connectivity index (χ0n) is 6.97. The van der Waals surface area contributed by atoms with Crippen LogP contribution >= 0.6 is 22.6 Å². The van der Waals surface area contributed by atoms with Crippen molar-refractivity contribution in [2.24, 2.45) is 0 Å². The molecule has 0 bridgehead atoms. The first-order valence-corrected chi connectivity index (χ1v) is 5.10. The van der Waals surface area contributed by atoms with Crippen LogP contribution in [0.3, 0.4) is 0 Å². The number of ether oxygens (including phenoxy) is 1. The molecule has 12 heavy (non-hydrogen) atoms. The minimum absolute atomic E-state index is 0.254. The smallest absolute Gasteiger partial charge is 0.336 e. The third-order valence-corrected chi connectivity index (χ3v) is 2.67. The fourth-order valence-electron chi connectivity index (χ4n) is 0.921. The van der Waals surface area contributed by atoms with Crippen LogP contribution in [0.25, 0.3) is 0 Å². The maximum atomic E-state index is 10.7. The van der Waals surface area contributed by atoms with E-state index in [9.17, 15) is 4.79 Å². The third kappa shape index (κ3) is 2.62. The molecular weight excluding hydrogens is 267 g/mol. The van der Waals surface area contributed by atoms with Gasteiger partial charge in [-0.2, -0.15) is 0 Å². The number of hydrogen-bond donors (Lipinski definition) is 0. The zero-order valence-corrected chi connectivity index (χ0v) is 9.13. The monoisotopic (exact) mass is 278 g/mol. The number of rotatable bonds is 3. The molecule has 0 fully saturated rings. The van der Waals surface area contributed by atoms with Crippen LogP contribution in [0.4, 0.5) is 0 Å². The standard InChI is InChI=1S/C9H11IO2/c1-2-3-4-7(10)8-5-6-9(11)12-8/h5-6H,2-4H2,1H3/b8-7+. The maximum absolute atomic E-state index is 10.7. The summed E-state index contributed by atoms with van der Waals surface area (Å²) < 4.78 is 6.08. The first-order valence-electron chi connectivity index (χ1n) is 4.02. The van der Waals surface area contributed by atoms with Crippen molar-refractivity contribution in [3.8, 4) is 0 Å². The molecule has 1 rings (SSSR count). The SMILES string of the molecule is CCCC/C(I)=C1/C=CC(=O)O1. The summed E-state index contributed by atoms with van der Waals surface area (Å²) >= 11 is 2.23. The molecule has 0 aromatic heterocycles. The molecule has 1 heterocycles. The molecule has 0 N–H and O–H groups in total. The summed E-state index contributed by atoms with van der Waals surface area (Å²) in [4.78, 5) is 10.7. The van der Waals surface area contributed by atoms with Gasteiger partial charge in [-0.15, -0.1) is 0 Å². The second-order valence-electron chi connectivity index (χ2n) is 2.63. The normalized spacial score (nSPS) is 19.7. The van der Waals surface area contributed by atoms with Crippen LogP contribution in [0.5, 0.6) is 0 Å². The van der Waals surface area contributed by atoms with E-state index in [1.807, 2.05) is 0 Å². The van der Waals surface area contributed by atoms with Crippen molar-refractivity contribution in [1.82, 2.24) is 0 Å². The van der Waals surface area contributed by atoms with E-state index >= 15 is 0 Å². The molecule has 1 aliphatic heterocycles. The van der Waals surface area contributed by atoms with Crippen molar-refractivity contribution < 1.29 is 9.53 Å². The van der Waals surface area contributed by atoms with E-state index in [0.29, 0.717) is 0 Å². The molecule has 0 spiro atoms. The highest BCUT2D eigenvalue weighted by Gasteiger charge is 2.12. The molecule has 1 aliphatic rings. The number of esters is 1. The van der Waals surface area contributed by atoms with Crippen LogP contribution < -0.4 is 0 Å². The van der Waals surface area contributed by atoms with E-state index in [-0.39, 0.29) is 5.97 Å². The van der Waals surface area contributed by atoms with Crippen LogP contribution in [0.1, 0.15) is 26.2 Å². The lowest BCUT2D eigenvalue weighted by Crippen LogP contribution is -1.91. The molecule has 0 atom stereocenters. The topological polar surface area (TPSA) is 26.3 Å². The lowest BCUT2D eigenvalue weighted by atomic mass is 10.2. The van der Waals surface area contributed by atoms with Gasteiger partial charge >= 0.3 is 5.97 Å². The molecule has 2 nitrogen and oxygen atoms in total. The van der Waals surface area contributed by atoms with E-state index in [1.54, 1.807) is 6.08 Å². The summed E-state index contributed by atoms with van der Waals surface area (Å²) in [5.41, 5.74) is 0. The average molecular weight is 278 g/mol. The van der Waals surface area contributed by atoms with E-state index in [1.165, 1.54) is 6.08 Å². The Morgan fingerprint density at radius 3 is 2.83 bits per heavy atom. The first-order chi connectivity index (χ1) is 5.74. The molecule has 0 amide bonds. The number of unbranched alkanes of at least 4 members (excludes halogenated alkanes) is 1. The molecule has 0 aromatic rings. The predicted molar refractivity (Wildman–Crippen MR) is 55.8 cm³/mol. The Balaban J connectivity index is 2.53. The van der Waals surface area contributed by atoms with Gasteiger partial charge in [0, 0.05) is 9.66 Å². The second kappa shape index (κ2) is 4.64. The van der Waals surface area contributed by atoms with Crippen molar-refractivity contribution in [3.05, 3.63) is 21.5 Å². The Kier molecular flexibility index (Phi) is 3.78. The highest BCUT2D eigenvalue weighted by Crippen LogP contribution is 2.24. The van der Waals surface area contributed by atoms with Gasteiger partial charge in [0.05, 0.1) is 0 Å². The molecule has 3 heteroatoms. The maximum Gasteiger partial charge on any atom is 0.336 e. The van der Waals surface area contributed by atoms with Gasteiger partial charge in [0.15, 0.2) is 0 Å². The van der Waals surface area contributed by atoms with Crippen molar-refractivity contribution >= 4 is 28.6 Å². The van der Waals surface area contributed by atoms with Crippen LogP contribution in [-0.4, -0.2) is 5.97 Å². The largest absolute Gasteiger partial charge is 0.423 e. The number of hydrogen-bond acceptors (Lipinski definition) is 2. The van der Waals surface area contributed by atoms with Crippen LogP contribution in [0.15, 0.2) is 21.5 Å². The zero-order chi connectivity index (χ0) is 8.97. The highest BCUT2D eigenvalue weighted by molar-refractivity contribution is 14.1. The Morgan fingerprint density at radius 2 is 2.33 bits per heavy atom. The fourth-order valence-corrected chi connectivity index (χ4v) is 1.59. The van der Waals surface area contributed by atoms with E-state index < -0.39 is 0 Å². The quantitative estimate of drug-likeness (QED) is 0.586. The molecule has 66 valence electrons. The van der Waals surface area contributed by atoms with Gasteiger partial charge in [-0.3, -0.25) is 0 Å². The van der Waals surface area contributed by atoms with Gasteiger partial charge in [0.2, 0.25) is 0 Å². The summed E-state index contributed by atoms with van der Waals surface area (Å²) in [6.45, 7) is 2.14. The number of allylic oxidation sites excluding steroid dienone is 2. The van der Waals surface area contributed by atoms with Gasteiger partial charge < -0.3 is 4.74 Å². The van der Waals surface area contributed by atoms with Crippen LogP contribution in [0, 0.1) is 0 Å². The highest BCUT2D eigenvalue weighted by atomic mass is 127. The number of carbonyl (C=O) groups is 1. The number of cyclic esters (lactones) is 1. The molecule has 0 saturated carbocycles.